The third-order valence-corrected chi connectivity index (χ3v) is 6.74. The molecule has 7 nitrogen and oxygen atoms in total. The highest BCUT2D eigenvalue weighted by molar-refractivity contribution is 7.72. The molecule has 0 heterocycles. The fraction of sp³-hybridized carbons (Fsp3) is 1.00. The molecule has 2 atom stereocenters. The van der Waals surface area contributed by atoms with Gasteiger partial charge in [-0.3, -0.25) is 9.13 Å². The van der Waals surface area contributed by atoms with Gasteiger partial charge in [0, 0.05) is 0 Å². The summed E-state index contributed by atoms with van der Waals surface area (Å²) in [7, 11) is -10.3. The molecule has 0 aromatic rings. The zero-order valence-electron chi connectivity index (χ0n) is 8.99. The van der Waals surface area contributed by atoms with Gasteiger partial charge in [-0.05, 0) is 20.8 Å². The quantitative estimate of drug-likeness (QED) is 0.451. The molecule has 0 rings (SSSR count). The van der Waals surface area contributed by atoms with Crippen molar-refractivity contribution in [3.8, 4) is 0 Å². The molecule has 0 fully saturated rings. The number of aliphatic hydroxyl groups is 1. The van der Waals surface area contributed by atoms with Crippen LogP contribution in [0.1, 0.15) is 20.8 Å². The van der Waals surface area contributed by atoms with Gasteiger partial charge in [-0.1, -0.05) is 0 Å². The van der Waals surface area contributed by atoms with Crippen molar-refractivity contribution in [3.05, 3.63) is 0 Å². The van der Waals surface area contributed by atoms with Crippen molar-refractivity contribution >= 4 is 26.8 Å². The van der Waals surface area contributed by atoms with Crippen LogP contribution < -0.4 is 0 Å². The molecule has 0 aliphatic rings. The van der Waals surface area contributed by atoms with Gasteiger partial charge in [0.1, 0.15) is 0 Å². The first-order chi connectivity index (χ1) is 6.77. The predicted molar refractivity (Wildman–Crippen MR) is 58.4 cm³/mol. The Hall–Kier alpha value is 0.550. The van der Waals surface area contributed by atoms with Crippen LogP contribution in [0.5, 0.6) is 0 Å². The molecule has 0 saturated carbocycles. The number of alkyl halides is 1. The van der Waals surface area contributed by atoms with E-state index >= 15 is 0 Å². The molecule has 0 saturated heterocycles. The summed E-state index contributed by atoms with van der Waals surface area (Å²) in [5.74, 6) is -1.12. The largest absolute Gasteiger partial charge is 0.373 e. The molecule has 4 N–H and O–H groups in total. The Kier molecular flexibility index (Phi) is 4.83. The number of hydrogen-bond donors (Lipinski definition) is 4. The summed E-state index contributed by atoms with van der Waals surface area (Å²) in [5, 5.41) is 6.22. The summed E-state index contributed by atoms with van der Waals surface area (Å²) in [6.07, 6.45) is 0. The second-order valence-corrected chi connectivity index (χ2v) is 8.59. The molecule has 0 aliphatic carbocycles. The van der Waals surface area contributed by atoms with Crippen molar-refractivity contribution in [2.45, 2.75) is 31.5 Å². The smallest absolute Gasteiger partial charge is 0.367 e. The van der Waals surface area contributed by atoms with Gasteiger partial charge in [0.25, 0.3) is 5.08 Å². The van der Waals surface area contributed by atoms with Crippen LogP contribution in [0.3, 0.4) is 0 Å². The van der Waals surface area contributed by atoms with Crippen molar-refractivity contribution in [1.29, 1.82) is 0 Å². The first-order valence-electron chi connectivity index (χ1n) is 4.14. The van der Waals surface area contributed by atoms with Gasteiger partial charge in [-0.15, -0.1) is 11.6 Å². The lowest BCUT2D eigenvalue weighted by Gasteiger charge is -2.33. The molecule has 98 valence electrons. The molecule has 0 radical (unpaired) electrons. The van der Waals surface area contributed by atoms with Crippen LogP contribution in [0.15, 0.2) is 0 Å². The molecule has 0 aromatic heterocycles. The van der Waals surface area contributed by atoms with E-state index in [1.807, 2.05) is 0 Å². The molecule has 0 amide bonds. The molecule has 0 bridgehead atoms. The van der Waals surface area contributed by atoms with E-state index in [2.05, 4.69) is 4.52 Å². The molecule has 2 unspecified atom stereocenters. The van der Waals surface area contributed by atoms with Gasteiger partial charge >= 0.3 is 15.2 Å². The van der Waals surface area contributed by atoms with Crippen LogP contribution in [0.2, 0.25) is 0 Å². The second-order valence-electron chi connectivity index (χ2n) is 4.18. The minimum Gasteiger partial charge on any atom is -0.367 e. The minimum atomic E-state index is -5.31. The van der Waals surface area contributed by atoms with Gasteiger partial charge in [-0.2, -0.15) is 0 Å². The van der Waals surface area contributed by atoms with E-state index in [1.165, 1.54) is 20.8 Å². The molecular weight excluding hydrogens is 281 g/mol. The fourth-order valence-electron chi connectivity index (χ4n) is 0.762. The lowest BCUT2D eigenvalue weighted by atomic mass is 10.2. The molecular formula is C6H15ClO7P2. The zero-order valence-corrected chi connectivity index (χ0v) is 11.5. The Balaban J connectivity index is 5.43. The lowest BCUT2D eigenvalue weighted by molar-refractivity contribution is 0.0708. The summed E-state index contributed by atoms with van der Waals surface area (Å²) in [5.41, 5.74) is -1.17. The summed E-state index contributed by atoms with van der Waals surface area (Å²) < 4.78 is 27.2. The first kappa shape index (κ1) is 16.6. The van der Waals surface area contributed by atoms with Gasteiger partial charge < -0.3 is 24.3 Å². The number of halogens is 1. The Bertz CT molecular complexity index is 345. The van der Waals surface area contributed by atoms with Gasteiger partial charge in [0.15, 0.2) is 0 Å². The normalized spacial score (nSPS) is 21.2. The average Bonchev–Trinajstić information content (AvgIpc) is 1.95. The highest BCUT2D eigenvalue weighted by atomic mass is 35.5. The standard InChI is InChI=1S/C6H15ClO7P2/c1-5(2,3)14-16(12,13)6(8,4-7)15(9,10)11/h8H,4H2,1-3H3,(H,12,13)(H2,9,10,11). The van der Waals surface area contributed by atoms with E-state index in [4.69, 9.17) is 21.4 Å². The van der Waals surface area contributed by atoms with Crippen molar-refractivity contribution in [3.63, 3.8) is 0 Å². The van der Waals surface area contributed by atoms with Crippen LogP contribution >= 0.6 is 26.8 Å². The second kappa shape index (κ2) is 4.67. The summed E-state index contributed by atoms with van der Waals surface area (Å²) in [6, 6.07) is 0. The zero-order chi connectivity index (χ0) is 13.4. The van der Waals surface area contributed by atoms with E-state index in [0.29, 0.717) is 0 Å². The summed E-state index contributed by atoms with van der Waals surface area (Å²) >= 11 is 5.15. The fourth-order valence-corrected chi connectivity index (χ4v) is 4.32. The Labute approximate surface area is 98.1 Å². The Morgan fingerprint density at radius 3 is 1.75 bits per heavy atom. The average molecular weight is 297 g/mol. The number of rotatable bonds is 4. The maximum absolute atomic E-state index is 11.6. The highest BCUT2D eigenvalue weighted by Gasteiger charge is 2.61. The van der Waals surface area contributed by atoms with Crippen LogP contribution in [0, 0.1) is 0 Å². The van der Waals surface area contributed by atoms with Gasteiger partial charge in [0.05, 0.1) is 11.5 Å². The molecule has 0 aromatic carbocycles. The Morgan fingerprint density at radius 2 is 1.56 bits per heavy atom. The lowest BCUT2D eigenvalue weighted by Crippen LogP contribution is -2.34. The first-order valence-corrected chi connectivity index (χ1v) is 7.87. The third kappa shape index (κ3) is 3.52. The van der Waals surface area contributed by atoms with Crippen LogP contribution in [0.25, 0.3) is 0 Å². The number of hydrogen-bond acceptors (Lipinski definition) is 4. The van der Waals surface area contributed by atoms with E-state index in [0.717, 1.165) is 0 Å². The van der Waals surface area contributed by atoms with Gasteiger partial charge in [-0.25, -0.2) is 0 Å². The van der Waals surface area contributed by atoms with Gasteiger partial charge in [0.2, 0.25) is 0 Å². The monoisotopic (exact) mass is 296 g/mol. The molecule has 10 heteroatoms. The maximum Gasteiger partial charge on any atom is 0.373 e. The van der Waals surface area contributed by atoms with Crippen molar-refractivity contribution in [2.24, 2.45) is 0 Å². The van der Waals surface area contributed by atoms with E-state index in [1.54, 1.807) is 0 Å². The topological polar surface area (TPSA) is 124 Å². The molecule has 0 aliphatic heterocycles. The van der Waals surface area contributed by atoms with Crippen LogP contribution in [-0.4, -0.2) is 36.4 Å². The molecule has 16 heavy (non-hydrogen) atoms. The third-order valence-electron chi connectivity index (χ3n) is 1.50. The predicted octanol–water partition coefficient (Wildman–Crippen LogP) is 1.05. The summed E-state index contributed by atoms with van der Waals surface area (Å²) in [6.45, 7) is 4.18. The highest BCUT2D eigenvalue weighted by Crippen LogP contribution is 2.71. The summed E-state index contributed by atoms with van der Waals surface area (Å²) in [4.78, 5) is 27.1. The van der Waals surface area contributed by atoms with Crippen molar-refractivity contribution in [2.75, 3.05) is 5.88 Å². The molecule has 0 spiro atoms. The van der Waals surface area contributed by atoms with Crippen LogP contribution in [0.4, 0.5) is 0 Å². The van der Waals surface area contributed by atoms with Crippen molar-refractivity contribution in [1.82, 2.24) is 0 Å². The van der Waals surface area contributed by atoms with E-state index in [-0.39, 0.29) is 0 Å². The van der Waals surface area contributed by atoms with Crippen LogP contribution in [-0.2, 0) is 13.7 Å². The van der Waals surface area contributed by atoms with E-state index < -0.39 is 31.8 Å². The maximum atomic E-state index is 11.6. The van der Waals surface area contributed by atoms with Crippen molar-refractivity contribution < 1.29 is 33.4 Å². The Morgan fingerprint density at radius 1 is 1.19 bits per heavy atom. The SMILES string of the molecule is CC(C)(C)OP(=O)(O)C(O)(CCl)P(=O)(O)O. The van der Waals surface area contributed by atoms with E-state index in [9.17, 15) is 19.1 Å². The minimum absolute atomic E-state index is 1.12.